The number of hydrogen-bond donors (Lipinski definition) is 2. The summed E-state index contributed by atoms with van der Waals surface area (Å²) in [4.78, 5) is 0. The van der Waals surface area contributed by atoms with E-state index in [1.165, 1.54) is 0 Å². The third kappa shape index (κ3) is 1.92. The summed E-state index contributed by atoms with van der Waals surface area (Å²) < 4.78 is 28.5. The van der Waals surface area contributed by atoms with Crippen molar-refractivity contribution < 1.29 is 13.9 Å². The highest BCUT2D eigenvalue weighted by Gasteiger charge is 2.58. The topological polar surface area (TPSA) is 46.2 Å². The van der Waals surface area contributed by atoms with Crippen LogP contribution in [0.25, 0.3) is 0 Å². The van der Waals surface area contributed by atoms with Crippen molar-refractivity contribution in [2.45, 2.75) is 43.8 Å². The number of nitrogens with two attached hydrogens (primary N) is 1. The van der Waals surface area contributed by atoms with Crippen LogP contribution in [-0.4, -0.2) is 10.8 Å². The zero-order chi connectivity index (χ0) is 14.7. The molecular formula is C14H15Cl2F2NO. The fourth-order valence-electron chi connectivity index (χ4n) is 3.79. The Morgan fingerprint density at radius 3 is 2.35 bits per heavy atom. The van der Waals surface area contributed by atoms with Crippen molar-refractivity contribution in [2.24, 2.45) is 11.1 Å². The van der Waals surface area contributed by atoms with Crippen molar-refractivity contribution in [3.05, 3.63) is 27.5 Å². The van der Waals surface area contributed by atoms with Crippen LogP contribution >= 0.6 is 23.2 Å². The van der Waals surface area contributed by atoms with Crippen LogP contribution in [0.1, 0.15) is 43.7 Å². The van der Waals surface area contributed by atoms with Crippen LogP contribution in [0.4, 0.5) is 8.78 Å². The zero-order valence-electron chi connectivity index (χ0n) is 10.7. The maximum absolute atomic E-state index is 14.3. The van der Waals surface area contributed by atoms with Gasteiger partial charge in [0, 0.05) is 17.7 Å². The maximum atomic E-state index is 14.3. The SMILES string of the molecule is NC(c1c(F)c(O)cc(Cl)c1Cl)C12CCC(F)(CC1)C2. The molecule has 2 saturated carbocycles. The minimum Gasteiger partial charge on any atom is -0.505 e. The van der Waals surface area contributed by atoms with E-state index in [-0.39, 0.29) is 15.6 Å². The van der Waals surface area contributed by atoms with E-state index in [1.54, 1.807) is 0 Å². The lowest BCUT2D eigenvalue weighted by molar-refractivity contribution is 0.175. The molecule has 6 heteroatoms. The molecule has 2 aliphatic rings. The Balaban J connectivity index is 2.06. The van der Waals surface area contributed by atoms with Crippen molar-refractivity contribution in [3.8, 4) is 5.75 Å². The van der Waals surface area contributed by atoms with E-state index in [0.717, 1.165) is 6.07 Å². The minimum absolute atomic E-state index is 0.00261. The number of rotatable bonds is 2. The van der Waals surface area contributed by atoms with Gasteiger partial charge in [-0.1, -0.05) is 23.2 Å². The van der Waals surface area contributed by atoms with Crippen LogP contribution in [-0.2, 0) is 0 Å². The predicted octanol–water partition coefficient (Wildman–Crippen LogP) is 4.51. The Hall–Kier alpha value is -0.580. The first-order valence-electron chi connectivity index (χ1n) is 6.59. The Morgan fingerprint density at radius 2 is 1.85 bits per heavy atom. The molecule has 2 nitrogen and oxygen atoms in total. The number of fused-ring (bicyclic) bond motifs is 2. The van der Waals surface area contributed by atoms with Crippen molar-refractivity contribution in [1.29, 1.82) is 0 Å². The van der Waals surface area contributed by atoms with Crippen LogP contribution in [0.15, 0.2) is 6.07 Å². The maximum Gasteiger partial charge on any atom is 0.171 e. The molecule has 0 spiro atoms. The second-order valence-electron chi connectivity index (χ2n) is 6.09. The van der Waals surface area contributed by atoms with Gasteiger partial charge in [-0.25, -0.2) is 8.78 Å². The molecule has 2 fully saturated rings. The Morgan fingerprint density at radius 1 is 1.25 bits per heavy atom. The van der Waals surface area contributed by atoms with E-state index < -0.39 is 28.7 Å². The number of aromatic hydroxyl groups is 1. The molecule has 110 valence electrons. The number of alkyl halides is 1. The molecule has 0 radical (unpaired) electrons. The molecule has 20 heavy (non-hydrogen) atoms. The molecule has 3 rings (SSSR count). The first-order chi connectivity index (χ1) is 9.28. The van der Waals surface area contributed by atoms with E-state index in [2.05, 4.69) is 0 Å². The number of phenolic OH excluding ortho intramolecular Hbond substituents is 1. The lowest BCUT2D eigenvalue weighted by Crippen LogP contribution is -2.32. The van der Waals surface area contributed by atoms with Crippen molar-refractivity contribution in [3.63, 3.8) is 0 Å². The highest BCUT2D eigenvalue weighted by Crippen LogP contribution is 2.63. The lowest BCUT2D eigenvalue weighted by atomic mass is 9.74. The van der Waals surface area contributed by atoms with Crippen LogP contribution in [0.5, 0.6) is 5.75 Å². The monoisotopic (exact) mass is 321 g/mol. The standard InChI is InChI=1S/C14H15Cl2F2NO/c15-7-5-8(20)11(17)9(10(7)16)12(19)13-1-3-14(18,6-13)4-2-13/h5,12,20H,1-4,6,19H2. The van der Waals surface area contributed by atoms with Crippen molar-refractivity contribution in [1.82, 2.24) is 0 Å². The van der Waals surface area contributed by atoms with Gasteiger partial charge in [0.1, 0.15) is 5.67 Å². The van der Waals surface area contributed by atoms with Crippen LogP contribution in [0.3, 0.4) is 0 Å². The third-order valence-electron chi connectivity index (χ3n) is 4.95. The summed E-state index contributed by atoms with van der Waals surface area (Å²) in [5, 5.41) is 9.62. The van der Waals surface area contributed by atoms with E-state index in [1.807, 2.05) is 0 Å². The van der Waals surface area contributed by atoms with E-state index in [0.29, 0.717) is 32.1 Å². The van der Waals surface area contributed by atoms with Gasteiger partial charge in [-0.15, -0.1) is 0 Å². The van der Waals surface area contributed by atoms with Gasteiger partial charge in [0.15, 0.2) is 11.6 Å². The largest absolute Gasteiger partial charge is 0.505 e. The fraction of sp³-hybridized carbons (Fsp3) is 0.571. The quantitative estimate of drug-likeness (QED) is 0.787. The number of phenols is 1. The Bertz CT molecular complexity index is 545. The van der Waals surface area contributed by atoms with Crippen LogP contribution in [0, 0.1) is 11.2 Å². The molecule has 1 atom stereocenters. The molecule has 0 aliphatic heterocycles. The van der Waals surface area contributed by atoms with Gasteiger partial charge in [0.05, 0.1) is 10.0 Å². The van der Waals surface area contributed by atoms with Crippen LogP contribution < -0.4 is 5.73 Å². The Kier molecular flexibility index (Phi) is 3.20. The van der Waals surface area contributed by atoms with Gasteiger partial charge in [-0.2, -0.15) is 0 Å². The molecule has 1 aromatic rings. The van der Waals surface area contributed by atoms with Gasteiger partial charge in [0.25, 0.3) is 0 Å². The average Bonchev–Trinajstić information content (AvgIpc) is 2.91. The molecule has 2 aliphatic carbocycles. The summed E-state index contributed by atoms with van der Waals surface area (Å²) in [6, 6.07) is 0.287. The summed E-state index contributed by atoms with van der Waals surface area (Å²) in [7, 11) is 0. The van der Waals surface area contributed by atoms with Gasteiger partial charge < -0.3 is 10.8 Å². The summed E-state index contributed by atoms with van der Waals surface area (Å²) in [6.45, 7) is 0. The van der Waals surface area contributed by atoms with Crippen molar-refractivity contribution >= 4 is 23.2 Å². The molecule has 0 saturated heterocycles. The first-order valence-corrected chi connectivity index (χ1v) is 7.34. The summed E-state index contributed by atoms with van der Waals surface area (Å²) in [6.07, 6.45) is 2.44. The molecule has 0 amide bonds. The molecule has 1 unspecified atom stereocenters. The zero-order valence-corrected chi connectivity index (χ0v) is 12.2. The predicted molar refractivity (Wildman–Crippen MR) is 74.4 cm³/mol. The second-order valence-corrected chi connectivity index (χ2v) is 6.87. The fourth-order valence-corrected chi connectivity index (χ4v) is 4.25. The molecule has 0 heterocycles. The highest BCUT2D eigenvalue weighted by atomic mass is 35.5. The highest BCUT2D eigenvalue weighted by molar-refractivity contribution is 6.42. The minimum atomic E-state index is -1.18. The summed E-state index contributed by atoms with van der Waals surface area (Å²) in [5.74, 6) is -1.44. The molecule has 1 aromatic carbocycles. The smallest absolute Gasteiger partial charge is 0.171 e. The van der Waals surface area contributed by atoms with Gasteiger partial charge in [-0.05, 0) is 37.5 Å². The van der Waals surface area contributed by atoms with E-state index >= 15 is 0 Å². The molecule has 0 aromatic heterocycles. The number of hydrogen-bond acceptors (Lipinski definition) is 2. The molecule has 3 N–H and O–H groups in total. The van der Waals surface area contributed by atoms with E-state index in [4.69, 9.17) is 28.9 Å². The van der Waals surface area contributed by atoms with Gasteiger partial charge in [-0.3, -0.25) is 0 Å². The van der Waals surface area contributed by atoms with Crippen molar-refractivity contribution in [2.75, 3.05) is 0 Å². The second kappa shape index (κ2) is 4.46. The van der Waals surface area contributed by atoms with Gasteiger partial charge in [0.2, 0.25) is 0 Å². The Labute approximate surface area is 125 Å². The first kappa shape index (κ1) is 14.4. The number of halogens is 4. The third-order valence-corrected chi connectivity index (χ3v) is 5.75. The van der Waals surface area contributed by atoms with E-state index in [9.17, 15) is 13.9 Å². The lowest BCUT2D eigenvalue weighted by Gasteiger charge is -2.34. The summed E-state index contributed by atoms with van der Waals surface area (Å²) >= 11 is 11.9. The molecule has 2 bridgehead atoms. The number of benzene rings is 1. The average molecular weight is 322 g/mol. The normalized spacial score (nSPS) is 33.6. The molecular weight excluding hydrogens is 307 g/mol. The van der Waals surface area contributed by atoms with Gasteiger partial charge >= 0.3 is 0 Å². The summed E-state index contributed by atoms with van der Waals surface area (Å²) in [5.41, 5.74) is 4.54. The van der Waals surface area contributed by atoms with Crippen LogP contribution in [0.2, 0.25) is 10.0 Å².